The summed E-state index contributed by atoms with van der Waals surface area (Å²) in [6.45, 7) is 3.92. The van der Waals surface area contributed by atoms with Gasteiger partial charge in [0.2, 0.25) is 0 Å². The molecule has 0 aliphatic rings. The molecule has 0 fully saturated rings. The third-order valence-corrected chi connectivity index (χ3v) is 5.46. The van der Waals surface area contributed by atoms with Crippen molar-refractivity contribution >= 4 is 45.8 Å². The number of nitrogen functional groups attached to an aromatic ring is 1. The second-order valence-electron chi connectivity index (χ2n) is 7.88. The van der Waals surface area contributed by atoms with Gasteiger partial charge in [0, 0.05) is 5.69 Å². The lowest BCUT2D eigenvalue weighted by Gasteiger charge is -2.09. The molecule has 7 nitrogen and oxygen atoms in total. The molecule has 162 valence electrons. The SMILES string of the molecule is Cc1ccc(C)c(NC(=O)c2c(N)n(/N=C/c3ccccc3)c3nc4ccccc4nc23)c1. The van der Waals surface area contributed by atoms with Crippen molar-refractivity contribution in [2.24, 2.45) is 5.10 Å². The first-order valence-corrected chi connectivity index (χ1v) is 10.6. The van der Waals surface area contributed by atoms with E-state index in [4.69, 9.17) is 15.7 Å². The molecule has 0 saturated heterocycles. The number of hydrogen-bond acceptors (Lipinski definition) is 5. The van der Waals surface area contributed by atoms with Crippen molar-refractivity contribution in [1.29, 1.82) is 0 Å². The van der Waals surface area contributed by atoms with Gasteiger partial charge < -0.3 is 11.1 Å². The molecule has 0 aliphatic carbocycles. The Morgan fingerprint density at radius 1 is 0.970 bits per heavy atom. The lowest BCUT2D eigenvalue weighted by atomic mass is 10.1. The second-order valence-corrected chi connectivity index (χ2v) is 7.88. The summed E-state index contributed by atoms with van der Waals surface area (Å²) in [7, 11) is 0. The zero-order chi connectivity index (χ0) is 22.9. The molecule has 3 N–H and O–H groups in total. The van der Waals surface area contributed by atoms with Gasteiger partial charge in [-0.15, -0.1) is 0 Å². The van der Waals surface area contributed by atoms with Crippen molar-refractivity contribution in [3.63, 3.8) is 0 Å². The van der Waals surface area contributed by atoms with Gasteiger partial charge in [0.1, 0.15) is 16.9 Å². The molecule has 0 unspecified atom stereocenters. The minimum Gasteiger partial charge on any atom is -0.383 e. The monoisotopic (exact) mass is 434 g/mol. The van der Waals surface area contributed by atoms with Crippen LogP contribution in [0.5, 0.6) is 0 Å². The third kappa shape index (κ3) is 3.80. The molecule has 0 radical (unpaired) electrons. The van der Waals surface area contributed by atoms with Crippen LogP contribution in [0.15, 0.2) is 77.9 Å². The molecule has 2 heterocycles. The molecule has 1 amide bonds. The number of carbonyl (C=O) groups is 1. The predicted molar refractivity (Wildman–Crippen MR) is 133 cm³/mol. The number of anilines is 2. The lowest BCUT2D eigenvalue weighted by Crippen LogP contribution is -2.15. The second kappa shape index (κ2) is 8.20. The molecule has 2 aromatic heterocycles. The van der Waals surface area contributed by atoms with Gasteiger partial charge in [-0.2, -0.15) is 9.78 Å². The highest BCUT2D eigenvalue weighted by atomic mass is 16.1. The van der Waals surface area contributed by atoms with Crippen molar-refractivity contribution < 1.29 is 4.79 Å². The molecule has 0 aliphatic heterocycles. The Bertz CT molecular complexity index is 1540. The van der Waals surface area contributed by atoms with Crippen LogP contribution in [-0.2, 0) is 0 Å². The van der Waals surface area contributed by atoms with E-state index < -0.39 is 0 Å². The van der Waals surface area contributed by atoms with Gasteiger partial charge in [-0.3, -0.25) is 4.79 Å². The fourth-order valence-corrected chi connectivity index (χ4v) is 3.71. The first-order chi connectivity index (χ1) is 16.0. The minimum absolute atomic E-state index is 0.176. The number of fused-ring (bicyclic) bond motifs is 2. The van der Waals surface area contributed by atoms with Crippen molar-refractivity contribution in [3.05, 3.63) is 95.1 Å². The van der Waals surface area contributed by atoms with Crippen molar-refractivity contribution in [2.45, 2.75) is 13.8 Å². The molecule has 3 aromatic carbocycles. The Hall–Kier alpha value is -4.52. The van der Waals surface area contributed by atoms with Crippen LogP contribution in [0, 0.1) is 13.8 Å². The molecule has 0 saturated carbocycles. The summed E-state index contributed by atoms with van der Waals surface area (Å²) in [5, 5.41) is 7.52. The van der Waals surface area contributed by atoms with Crippen LogP contribution in [0.1, 0.15) is 27.0 Å². The number of nitrogens with two attached hydrogens (primary N) is 1. The van der Waals surface area contributed by atoms with Crippen LogP contribution in [-0.4, -0.2) is 26.8 Å². The third-order valence-electron chi connectivity index (χ3n) is 5.46. The summed E-state index contributed by atoms with van der Waals surface area (Å²) in [5.41, 5.74) is 12.5. The van der Waals surface area contributed by atoms with Gasteiger partial charge in [-0.05, 0) is 48.7 Å². The van der Waals surface area contributed by atoms with Gasteiger partial charge in [0.25, 0.3) is 5.91 Å². The Balaban J connectivity index is 1.68. The van der Waals surface area contributed by atoms with Gasteiger partial charge in [0.05, 0.1) is 17.2 Å². The van der Waals surface area contributed by atoms with E-state index in [-0.39, 0.29) is 17.3 Å². The fraction of sp³-hybridized carbons (Fsp3) is 0.0769. The molecule has 0 atom stereocenters. The maximum Gasteiger partial charge on any atom is 0.261 e. The van der Waals surface area contributed by atoms with Crippen molar-refractivity contribution in [2.75, 3.05) is 11.1 Å². The number of hydrogen-bond donors (Lipinski definition) is 2. The molecule has 0 bridgehead atoms. The average Bonchev–Trinajstić information content (AvgIpc) is 3.09. The van der Waals surface area contributed by atoms with E-state index in [1.807, 2.05) is 86.6 Å². The predicted octanol–water partition coefficient (Wildman–Crippen LogP) is 4.92. The van der Waals surface area contributed by atoms with Gasteiger partial charge in [-0.25, -0.2) is 9.97 Å². The molecule has 33 heavy (non-hydrogen) atoms. The summed E-state index contributed by atoms with van der Waals surface area (Å²) >= 11 is 0. The summed E-state index contributed by atoms with van der Waals surface area (Å²) in [6, 6.07) is 23.0. The molecule has 5 aromatic rings. The smallest absolute Gasteiger partial charge is 0.261 e. The number of nitrogens with zero attached hydrogens (tertiary/aromatic N) is 4. The normalized spacial score (nSPS) is 11.5. The molecule has 7 heteroatoms. The first-order valence-electron chi connectivity index (χ1n) is 10.6. The van der Waals surface area contributed by atoms with Crippen molar-refractivity contribution in [1.82, 2.24) is 14.6 Å². The van der Waals surface area contributed by atoms with Crippen LogP contribution >= 0.6 is 0 Å². The number of benzene rings is 3. The largest absolute Gasteiger partial charge is 0.383 e. The standard InChI is InChI=1S/C26H22N6O/c1-16-12-13-17(2)21(14-16)31-26(33)22-23-25(30-20-11-7-6-10-19(20)29-23)32(24(22)27)28-15-18-8-4-3-5-9-18/h3-15H,27H2,1-2H3,(H,31,33)/b28-15+. The Labute approximate surface area is 190 Å². The van der Waals surface area contributed by atoms with E-state index in [0.29, 0.717) is 22.2 Å². The number of rotatable bonds is 4. The zero-order valence-electron chi connectivity index (χ0n) is 18.3. The fourth-order valence-electron chi connectivity index (χ4n) is 3.71. The van der Waals surface area contributed by atoms with Crippen LogP contribution in [0.4, 0.5) is 11.5 Å². The highest BCUT2D eigenvalue weighted by molar-refractivity contribution is 6.16. The lowest BCUT2D eigenvalue weighted by molar-refractivity contribution is 0.102. The quantitative estimate of drug-likeness (QED) is 0.392. The van der Waals surface area contributed by atoms with Crippen LogP contribution in [0.25, 0.3) is 22.2 Å². The van der Waals surface area contributed by atoms with Crippen molar-refractivity contribution in [3.8, 4) is 0 Å². The van der Waals surface area contributed by atoms with E-state index in [1.165, 1.54) is 4.68 Å². The summed E-state index contributed by atoms with van der Waals surface area (Å²) < 4.78 is 1.47. The molecular weight excluding hydrogens is 412 g/mol. The summed E-state index contributed by atoms with van der Waals surface area (Å²) in [6.07, 6.45) is 1.68. The van der Waals surface area contributed by atoms with E-state index in [0.717, 1.165) is 22.4 Å². The Morgan fingerprint density at radius 2 is 1.67 bits per heavy atom. The minimum atomic E-state index is -0.357. The Kier molecular flexibility index (Phi) is 5.06. The summed E-state index contributed by atoms with van der Waals surface area (Å²) in [5.74, 6) is -0.181. The van der Waals surface area contributed by atoms with E-state index in [2.05, 4.69) is 10.4 Å². The zero-order valence-corrected chi connectivity index (χ0v) is 18.3. The maximum absolute atomic E-state index is 13.4. The Morgan fingerprint density at radius 3 is 2.42 bits per heavy atom. The van der Waals surface area contributed by atoms with Gasteiger partial charge in [-0.1, -0.05) is 54.6 Å². The number of para-hydroxylation sites is 2. The van der Waals surface area contributed by atoms with Crippen LogP contribution in [0.3, 0.4) is 0 Å². The molecular formula is C26H22N6O. The number of carbonyl (C=O) groups excluding carboxylic acids is 1. The van der Waals surface area contributed by atoms with Gasteiger partial charge in [0.15, 0.2) is 5.65 Å². The van der Waals surface area contributed by atoms with E-state index >= 15 is 0 Å². The highest BCUT2D eigenvalue weighted by Crippen LogP contribution is 2.29. The van der Waals surface area contributed by atoms with Crippen LogP contribution < -0.4 is 11.1 Å². The van der Waals surface area contributed by atoms with E-state index in [9.17, 15) is 4.79 Å². The number of aryl methyl sites for hydroxylation is 2. The number of amides is 1. The first kappa shape index (κ1) is 20.4. The van der Waals surface area contributed by atoms with E-state index in [1.54, 1.807) is 6.21 Å². The maximum atomic E-state index is 13.4. The highest BCUT2D eigenvalue weighted by Gasteiger charge is 2.24. The van der Waals surface area contributed by atoms with Gasteiger partial charge >= 0.3 is 0 Å². The topological polar surface area (TPSA) is 98.2 Å². The molecule has 0 spiro atoms. The summed E-state index contributed by atoms with van der Waals surface area (Å²) in [4.78, 5) is 22.8. The number of nitrogens with one attached hydrogen (secondary N) is 1. The number of aromatic nitrogens is 3. The van der Waals surface area contributed by atoms with Crippen LogP contribution in [0.2, 0.25) is 0 Å². The average molecular weight is 435 g/mol. The molecule has 5 rings (SSSR count).